The maximum Gasteiger partial charge on any atom is 0.352 e. The minimum Gasteiger partial charge on any atom is -0.505 e. The van der Waals surface area contributed by atoms with Gasteiger partial charge in [-0.3, -0.25) is 14.5 Å². The Bertz CT molecular complexity index is 976. The number of phenolic OH excluding ortho intramolecular Hbond substituents is 1. The number of carboxylic acids is 1. The highest BCUT2D eigenvalue weighted by molar-refractivity contribution is 8.00. The maximum absolute atomic E-state index is 13.6. The second kappa shape index (κ2) is 6.64. The number of aromatic hydroxyl groups is 1. The molecule has 2 atom stereocenters. The van der Waals surface area contributed by atoms with Crippen LogP contribution in [-0.2, 0) is 14.4 Å². The molecule has 0 unspecified atom stereocenters. The Morgan fingerprint density at radius 3 is 2.79 bits per heavy atom. The van der Waals surface area contributed by atoms with Gasteiger partial charge in [-0.25, -0.2) is 9.18 Å². The van der Waals surface area contributed by atoms with Gasteiger partial charge >= 0.3 is 5.97 Å². The van der Waals surface area contributed by atoms with Crippen LogP contribution >= 0.6 is 11.8 Å². The number of benzene rings is 1. The lowest BCUT2D eigenvalue weighted by Gasteiger charge is -2.47. The molecule has 0 bridgehead atoms. The number of anilines is 1. The number of thioether (sulfide) groups is 1. The zero-order chi connectivity index (χ0) is 20.2. The zero-order valence-electron chi connectivity index (χ0n) is 14.5. The highest BCUT2D eigenvalue weighted by Gasteiger charge is 2.51. The number of nitrogens with two attached hydrogens (primary N) is 1. The fraction of sp³-hybridized carbons (Fsp3) is 0.278. The van der Waals surface area contributed by atoms with Gasteiger partial charge in [-0.2, -0.15) is 0 Å². The fourth-order valence-electron chi connectivity index (χ4n) is 3.52. The maximum atomic E-state index is 13.6. The Kier molecular flexibility index (Phi) is 4.39. The SMILES string of the molecule is N[C@@H]1C(=O)N2C(C(=O)O)=C(/C=C3\CCN(c4ccc(O)c(F)c4)C3=O)CS[C@H]12. The number of fused-ring (bicyclic) bond motifs is 1. The van der Waals surface area contributed by atoms with Crippen LogP contribution in [-0.4, -0.2) is 56.6 Å². The smallest absolute Gasteiger partial charge is 0.352 e. The lowest BCUT2D eigenvalue weighted by atomic mass is 10.0. The highest BCUT2D eigenvalue weighted by atomic mass is 32.2. The average molecular weight is 405 g/mol. The minimum atomic E-state index is -1.25. The first kappa shape index (κ1) is 18.5. The van der Waals surface area contributed by atoms with Gasteiger partial charge in [0, 0.05) is 29.6 Å². The molecule has 1 aromatic rings. The van der Waals surface area contributed by atoms with E-state index in [2.05, 4.69) is 0 Å². The van der Waals surface area contributed by atoms with Crippen LogP contribution in [0.5, 0.6) is 5.75 Å². The topological polar surface area (TPSA) is 124 Å². The largest absolute Gasteiger partial charge is 0.505 e. The monoisotopic (exact) mass is 405 g/mol. The summed E-state index contributed by atoms with van der Waals surface area (Å²) in [6.07, 6.45) is 1.85. The third kappa shape index (κ3) is 2.76. The van der Waals surface area contributed by atoms with Crippen molar-refractivity contribution in [3.05, 3.63) is 46.9 Å². The van der Waals surface area contributed by atoms with Crippen LogP contribution in [0.15, 0.2) is 41.1 Å². The number of allylic oxidation sites excluding steroid dienone is 1. The van der Waals surface area contributed by atoms with E-state index in [0.29, 0.717) is 35.6 Å². The standard InChI is InChI=1S/C18H16FN3O5S/c19-11-6-10(1-2-12(11)23)21-4-3-8(15(21)24)5-9-7-28-17-13(20)16(25)22(17)14(9)18(26)27/h1-2,5-6,13,17,23H,3-4,7,20H2,(H,26,27)/b8-5+/t13-,17-/m1/s1. The Labute approximate surface area is 163 Å². The number of carbonyl (C=O) groups excluding carboxylic acids is 2. The average Bonchev–Trinajstić information content (AvgIpc) is 3.03. The number of aliphatic carboxylic acids is 1. The van der Waals surface area contributed by atoms with Gasteiger partial charge in [-0.15, -0.1) is 11.8 Å². The van der Waals surface area contributed by atoms with Gasteiger partial charge in [0.05, 0.1) is 0 Å². The molecule has 146 valence electrons. The molecule has 3 aliphatic heterocycles. The van der Waals surface area contributed by atoms with E-state index < -0.39 is 34.9 Å². The lowest BCUT2D eigenvalue weighted by molar-refractivity contribution is -0.147. The van der Waals surface area contributed by atoms with Crippen molar-refractivity contribution < 1.29 is 29.0 Å². The minimum absolute atomic E-state index is 0.148. The lowest BCUT2D eigenvalue weighted by Crippen LogP contribution is -2.68. The number of nitrogens with zero attached hydrogens (tertiary/aromatic N) is 2. The molecular formula is C18H16FN3O5S. The summed E-state index contributed by atoms with van der Waals surface area (Å²) in [5.41, 5.74) is 6.62. The molecule has 8 nitrogen and oxygen atoms in total. The van der Waals surface area contributed by atoms with Crippen molar-refractivity contribution in [1.29, 1.82) is 0 Å². The third-order valence-corrected chi connectivity index (χ3v) is 6.28. The quantitative estimate of drug-likeness (QED) is 0.501. The molecule has 4 N–H and O–H groups in total. The van der Waals surface area contributed by atoms with E-state index in [4.69, 9.17) is 5.73 Å². The molecule has 2 fully saturated rings. The van der Waals surface area contributed by atoms with Crippen molar-refractivity contribution in [2.24, 2.45) is 5.73 Å². The number of carboxylic acid groups (broad SMARTS) is 1. The van der Waals surface area contributed by atoms with Gasteiger partial charge in [-0.05, 0) is 30.2 Å². The number of hydrogen-bond acceptors (Lipinski definition) is 6. The summed E-state index contributed by atoms with van der Waals surface area (Å²) < 4.78 is 13.6. The summed E-state index contributed by atoms with van der Waals surface area (Å²) >= 11 is 1.35. The summed E-state index contributed by atoms with van der Waals surface area (Å²) in [5.74, 6) is -3.10. The second-order valence-electron chi connectivity index (χ2n) is 6.63. The van der Waals surface area contributed by atoms with E-state index in [-0.39, 0.29) is 11.6 Å². The van der Waals surface area contributed by atoms with Crippen LogP contribution in [0.3, 0.4) is 0 Å². The Balaban J connectivity index is 1.65. The van der Waals surface area contributed by atoms with Crippen LogP contribution in [0.4, 0.5) is 10.1 Å². The van der Waals surface area contributed by atoms with E-state index in [1.54, 1.807) is 0 Å². The van der Waals surface area contributed by atoms with Crippen molar-refractivity contribution in [2.45, 2.75) is 17.8 Å². The number of β-lactam (4-membered cyclic amide) rings is 1. The van der Waals surface area contributed by atoms with Crippen LogP contribution in [0.1, 0.15) is 6.42 Å². The van der Waals surface area contributed by atoms with E-state index in [1.807, 2.05) is 0 Å². The molecule has 0 aliphatic carbocycles. The van der Waals surface area contributed by atoms with Gasteiger partial charge < -0.3 is 20.8 Å². The first-order valence-electron chi connectivity index (χ1n) is 8.47. The summed E-state index contributed by atoms with van der Waals surface area (Å²) in [4.78, 5) is 39.0. The summed E-state index contributed by atoms with van der Waals surface area (Å²) in [7, 11) is 0. The third-order valence-electron chi connectivity index (χ3n) is 4.96. The summed E-state index contributed by atoms with van der Waals surface area (Å²) in [5, 5.41) is 18.5. The zero-order valence-corrected chi connectivity index (χ0v) is 15.3. The van der Waals surface area contributed by atoms with Crippen LogP contribution in [0, 0.1) is 5.82 Å². The molecule has 3 heterocycles. The molecule has 0 saturated carbocycles. The van der Waals surface area contributed by atoms with E-state index in [9.17, 15) is 29.0 Å². The van der Waals surface area contributed by atoms with E-state index in [0.717, 1.165) is 6.07 Å². The first-order chi connectivity index (χ1) is 13.3. The summed E-state index contributed by atoms with van der Waals surface area (Å²) in [6, 6.07) is 2.95. The number of phenols is 1. The van der Waals surface area contributed by atoms with Crippen molar-refractivity contribution >= 4 is 35.2 Å². The highest BCUT2D eigenvalue weighted by Crippen LogP contribution is 2.40. The van der Waals surface area contributed by atoms with Gasteiger partial charge in [0.2, 0.25) is 5.91 Å². The normalized spacial score (nSPS) is 26.0. The Morgan fingerprint density at radius 1 is 1.36 bits per heavy atom. The fourth-order valence-corrected chi connectivity index (χ4v) is 4.77. The Morgan fingerprint density at radius 2 is 2.11 bits per heavy atom. The second-order valence-corrected chi connectivity index (χ2v) is 7.73. The molecule has 2 saturated heterocycles. The molecule has 4 rings (SSSR count). The van der Waals surface area contributed by atoms with Crippen molar-refractivity contribution in [2.75, 3.05) is 17.2 Å². The molecular weight excluding hydrogens is 389 g/mol. The molecule has 28 heavy (non-hydrogen) atoms. The van der Waals surface area contributed by atoms with Crippen molar-refractivity contribution in [3.8, 4) is 5.75 Å². The molecule has 0 aromatic heterocycles. The van der Waals surface area contributed by atoms with E-state index >= 15 is 0 Å². The number of halogens is 1. The van der Waals surface area contributed by atoms with Gasteiger partial charge in [0.25, 0.3) is 5.91 Å². The van der Waals surface area contributed by atoms with Crippen molar-refractivity contribution in [1.82, 2.24) is 4.90 Å². The number of hydrogen-bond donors (Lipinski definition) is 3. The first-order valence-corrected chi connectivity index (χ1v) is 9.52. The van der Waals surface area contributed by atoms with Gasteiger partial charge in [0.1, 0.15) is 17.1 Å². The number of rotatable bonds is 3. The Hall–Kier alpha value is -2.85. The number of carbonyl (C=O) groups is 3. The molecule has 10 heteroatoms. The van der Waals surface area contributed by atoms with Crippen LogP contribution < -0.4 is 10.6 Å². The van der Waals surface area contributed by atoms with Crippen LogP contribution in [0.25, 0.3) is 0 Å². The van der Waals surface area contributed by atoms with Crippen LogP contribution in [0.2, 0.25) is 0 Å². The van der Waals surface area contributed by atoms with Gasteiger partial charge in [-0.1, -0.05) is 0 Å². The van der Waals surface area contributed by atoms with Crippen molar-refractivity contribution in [3.63, 3.8) is 0 Å². The molecule has 1 aromatic carbocycles. The molecule has 2 amide bonds. The molecule has 0 radical (unpaired) electrons. The van der Waals surface area contributed by atoms with E-state index in [1.165, 1.54) is 39.8 Å². The summed E-state index contributed by atoms with van der Waals surface area (Å²) in [6.45, 7) is 0.299. The molecule has 3 aliphatic rings. The number of amides is 2. The predicted octanol–water partition coefficient (Wildman–Crippen LogP) is 0.775. The molecule has 0 spiro atoms. The predicted molar refractivity (Wildman–Crippen MR) is 98.8 cm³/mol. The van der Waals surface area contributed by atoms with Gasteiger partial charge in [0.15, 0.2) is 11.6 Å².